The number of benzene rings is 1. The summed E-state index contributed by atoms with van der Waals surface area (Å²) in [5.74, 6) is -1.74. The Morgan fingerprint density at radius 1 is 1.16 bits per heavy atom. The van der Waals surface area contributed by atoms with Gasteiger partial charge in [0, 0.05) is 12.6 Å². The van der Waals surface area contributed by atoms with Crippen molar-refractivity contribution in [2.24, 2.45) is 0 Å². The zero-order chi connectivity index (χ0) is 18.5. The predicted molar refractivity (Wildman–Crippen MR) is 94.5 cm³/mol. The summed E-state index contributed by atoms with van der Waals surface area (Å²) in [6.45, 7) is 2.57. The number of amides is 3. The quantitative estimate of drug-likeness (QED) is 0.222. The van der Waals surface area contributed by atoms with Gasteiger partial charge in [0.2, 0.25) is 11.8 Å². The van der Waals surface area contributed by atoms with Crippen molar-refractivity contribution in [3.05, 3.63) is 42.0 Å². The molecule has 0 fully saturated rings. The largest absolute Gasteiger partial charge is 0.356 e. The molecule has 1 atom stereocenters. The van der Waals surface area contributed by atoms with Crippen LogP contribution in [-0.4, -0.2) is 35.5 Å². The second kappa shape index (κ2) is 11.8. The van der Waals surface area contributed by atoms with Crippen molar-refractivity contribution < 1.29 is 19.6 Å². The third-order valence-electron chi connectivity index (χ3n) is 3.46. The molecule has 1 aromatic carbocycles. The number of rotatable bonds is 10. The SMILES string of the molecule is CCCCCNC(=O)CC(NC(=O)C=Cc1ccccc1)C(=O)NO. The van der Waals surface area contributed by atoms with Gasteiger partial charge in [-0.3, -0.25) is 19.6 Å². The third-order valence-corrected chi connectivity index (χ3v) is 3.46. The van der Waals surface area contributed by atoms with Gasteiger partial charge in [-0.15, -0.1) is 0 Å². The molecule has 0 bridgehead atoms. The molecule has 0 saturated heterocycles. The first-order valence-electron chi connectivity index (χ1n) is 8.31. The second-order valence-electron chi connectivity index (χ2n) is 5.54. The van der Waals surface area contributed by atoms with Crippen molar-refractivity contribution >= 4 is 23.8 Å². The summed E-state index contributed by atoms with van der Waals surface area (Å²) in [5, 5.41) is 13.9. The van der Waals surface area contributed by atoms with Crippen LogP contribution in [0.1, 0.15) is 38.2 Å². The van der Waals surface area contributed by atoms with Gasteiger partial charge < -0.3 is 10.6 Å². The molecule has 4 N–H and O–H groups in total. The van der Waals surface area contributed by atoms with Crippen molar-refractivity contribution in [2.75, 3.05) is 6.54 Å². The van der Waals surface area contributed by atoms with Gasteiger partial charge in [0.1, 0.15) is 6.04 Å². The summed E-state index contributed by atoms with van der Waals surface area (Å²) in [6, 6.07) is 8.03. The zero-order valence-electron chi connectivity index (χ0n) is 14.3. The van der Waals surface area contributed by atoms with Crippen LogP contribution in [0.25, 0.3) is 6.08 Å². The molecule has 0 spiro atoms. The molecule has 1 aromatic rings. The molecule has 0 aliphatic rings. The predicted octanol–water partition coefficient (Wildman–Crippen LogP) is 1.39. The number of unbranched alkanes of at least 4 members (excludes halogenated alkanes) is 2. The molecule has 0 radical (unpaired) electrons. The number of hydroxylamine groups is 1. The Hall–Kier alpha value is -2.67. The monoisotopic (exact) mass is 347 g/mol. The lowest BCUT2D eigenvalue weighted by atomic mass is 10.1. The van der Waals surface area contributed by atoms with E-state index in [9.17, 15) is 14.4 Å². The van der Waals surface area contributed by atoms with Crippen LogP contribution in [-0.2, 0) is 14.4 Å². The Morgan fingerprint density at radius 2 is 1.88 bits per heavy atom. The average Bonchev–Trinajstić information content (AvgIpc) is 2.63. The maximum atomic E-state index is 11.9. The van der Waals surface area contributed by atoms with Gasteiger partial charge in [0.25, 0.3) is 5.91 Å². The van der Waals surface area contributed by atoms with E-state index in [-0.39, 0.29) is 12.3 Å². The van der Waals surface area contributed by atoms with E-state index in [4.69, 9.17) is 5.21 Å². The van der Waals surface area contributed by atoms with Crippen molar-refractivity contribution in [3.8, 4) is 0 Å². The zero-order valence-corrected chi connectivity index (χ0v) is 14.3. The van der Waals surface area contributed by atoms with Gasteiger partial charge in [-0.1, -0.05) is 50.1 Å². The number of nitrogens with one attached hydrogen (secondary N) is 3. The maximum Gasteiger partial charge on any atom is 0.266 e. The van der Waals surface area contributed by atoms with Gasteiger partial charge in [0.15, 0.2) is 0 Å². The minimum absolute atomic E-state index is 0.247. The summed E-state index contributed by atoms with van der Waals surface area (Å²) in [6.07, 6.45) is 5.51. The number of carbonyl (C=O) groups is 3. The van der Waals surface area contributed by atoms with Crippen LogP contribution < -0.4 is 16.1 Å². The van der Waals surface area contributed by atoms with Crippen LogP contribution >= 0.6 is 0 Å². The van der Waals surface area contributed by atoms with Crippen LogP contribution in [0.15, 0.2) is 36.4 Å². The summed E-state index contributed by atoms with van der Waals surface area (Å²) in [7, 11) is 0. The Kier molecular flexibility index (Phi) is 9.62. The van der Waals surface area contributed by atoms with Gasteiger partial charge >= 0.3 is 0 Å². The van der Waals surface area contributed by atoms with E-state index in [1.807, 2.05) is 30.3 Å². The Bertz CT molecular complexity index is 587. The first-order valence-corrected chi connectivity index (χ1v) is 8.31. The molecular formula is C18H25N3O4. The molecule has 3 amide bonds. The second-order valence-corrected chi connectivity index (χ2v) is 5.54. The van der Waals surface area contributed by atoms with E-state index >= 15 is 0 Å². The van der Waals surface area contributed by atoms with Crippen molar-refractivity contribution in [2.45, 2.75) is 38.6 Å². The lowest BCUT2D eigenvalue weighted by molar-refractivity contribution is -0.136. The average molecular weight is 347 g/mol. The van der Waals surface area contributed by atoms with Crippen LogP contribution in [0.2, 0.25) is 0 Å². The third kappa shape index (κ3) is 8.66. The van der Waals surface area contributed by atoms with Gasteiger partial charge in [0.05, 0.1) is 6.42 Å². The summed E-state index contributed by atoms with van der Waals surface area (Å²) in [5.41, 5.74) is 2.30. The van der Waals surface area contributed by atoms with E-state index in [0.717, 1.165) is 24.8 Å². The summed E-state index contributed by atoms with van der Waals surface area (Å²) < 4.78 is 0. The standard InChI is InChI=1S/C18H25N3O4/c1-2-3-7-12-19-17(23)13-15(18(24)21-25)20-16(22)11-10-14-8-5-4-6-9-14/h4-6,8-11,15,25H,2-3,7,12-13H2,1H3,(H,19,23)(H,20,22)(H,21,24). The highest BCUT2D eigenvalue weighted by atomic mass is 16.5. The molecule has 25 heavy (non-hydrogen) atoms. The fourth-order valence-electron chi connectivity index (χ4n) is 2.10. The molecule has 136 valence electrons. The topological polar surface area (TPSA) is 108 Å². The Balaban J connectivity index is 2.54. The van der Waals surface area contributed by atoms with Crippen molar-refractivity contribution in [3.63, 3.8) is 0 Å². The van der Waals surface area contributed by atoms with Gasteiger partial charge in [-0.05, 0) is 18.1 Å². The van der Waals surface area contributed by atoms with E-state index in [1.165, 1.54) is 11.6 Å². The maximum absolute atomic E-state index is 11.9. The van der Waals surface area contributed by atoms with Crippen LogP contribution in [0, 0.1) is 0 Å². The lowest BCUT2D eigenvalue weighted by Crippen LogP contribution is -2.48. The number of hydrogen-bond acceptors (Lipinski definition) is 4. The molecule has 7 nitrogen and oxygen atoms in total. The molecule has 0 heterocycles. The molecule has 0 saturated carbocycles. The first kappa shape index (κ1) is 20.4. The summed E-state index contributed by atoms with van der Waals surface area (Å²) >= 11 is 0. The van der Waals surface area contributed by atoms with E-state index < -0.39 is 17.9 Å². The molecule has 7 heteroatoms. The number of carbonyl (C=O) groups excluding carboxylic acids is 3. The highest BCUT2D eigenvalue weighted by Crippen LogP contribution is 2.01. The Morgan fingerprint density at radius 3 is 2.52 bits per heavy atom. The van der Waals surface area contributed by atoms with E-state index in [2.05, 4.69) is 17.6 Å². The van der Waals surface area contributed by atoms with Crippen LogP contribution in [0.3, 0.4) is 0 Å². The summed E-state index contributed by atoms with van der Waals surface area (Å²) in [4.78, 5) is 35.4. The van der Waals surface area contributed by atoms with E-state index in [1.54, 1.807) is 6.08 Å². The molecule has 1 unspecified atom stereocenters. The van der Waals surface area contributed by atoms with Gasteiger partial charge in [-0.2, -0.15) is 0 Å². The minimum atomic E-state index is -1.15. The normalized spacial score (nSPS) is 11.8. The molecule has 0 aromatic heterocycles. The highest BCUT2D eigenvalue weighted by Gasteiger charge is 2.22. The van der Waals surface area contributed by atoms with Crippen molar-refractivity contribution in [1.29, 1.82) is 0 Å². The van der Waals surface area contributed by atoms with Crippen molar-refractivity contribution in [1.82, 2.24) is 16.1 Å². The molecular weight excluding hydrogens is 322 g/mol. The molecule has 0 aliphatic heterocycles. The van der Waals surface area contributed by atoms with Crippen LogP contribution in [0.5, 0.6) is 0 Å². The smallest absolute Gasteiger partial charge is 0.266 e. The fraction of sp³-hybridized carbons (Fsp3) is 0.389. The minimum Gasteiger partial charge on any atom is -0.356 e. The van der Waals surface area contributed by atoms with E-state index in [0.29, 0.717) is 6.54 Å². The highest BCUT2D eigenvalue weighted by molar-refractivity contribution is 5.97. The van der Waals surface area contributed by atoms with Crippen LogP contribution in [0.4, 0.5) is 0 Å². The fourth-order valence-corrected chi connectivity index (χ4v) is 2.10. The molecule has 0 aliphatic carbocycles. The number of hydrogen-bond donors (Lipinski definition) is 4. The first-order chi connectivity index (χ1) is 12.1. The Labute approximate surface area is 147 Å². The lowest BCUT2D eigenvalue weighted by Gasteiger charge is -2.15. The molecule has 1 rings (SSSR count). The van der Waals surface area contributed by atoms with Gasteiger partial charge in [-0.25, -0.2) is 5.48 Å².